The summed E-state index contributed by atoms with van der Waals surface area (Å²) in [6.07, 6.45) is 2.21. The molecule has 0 spiro atoms. The largest absolute Gasteiger partial charge is 0.392 e. The van der Waals surface area contributed by atoms with Gasteiger partial charge in [-0.25, -0.2) is 0 Å². The van der Waals surface area contributed by atoms with Gasteiger partial charge >= 0.3 is 0 Å². The fraction of sp³-hybridized carbons (Fsp3) is 0.500. The maximum atomic E-state index is 9.87. The average Bonchev–Trinajstić information content (AvgIpc) is 3.11. The first kappa shape index (κ1) is 13.3. The molecule has 1 aliphatic carbocycles. The van der Waals surface area contributed by atoms with Crippen LogP contribution in [0.15, 0.2) is 28.8 Å². The Bertz CT molecular complexity index is 569. The summed E-state index contributed by atoms with van der Waals surface area (Å²) in [4.78, 5) is 4.51. The van der Waals surface area contributed by atoms with Crippen molar-refractivity contribution in [2.24, 2.45) is 0 Å². The van der Waals surface area contributed by atoms with Crippen LogP contribution in [0.2, 0.25) is 0 Å². The van der Waals surface area contributed by atoms with Crippen molar-refractivity contribution in [2.75, 3.05) is 0 Å². The molecule has 1 heterocycles. The van der Waals surface area contributed by atoms with Gasteiger partial charge in [0.15, 0.2) is 5.82 Å². The Kier molecular flexibility index (Phi) is 3.57. The highest BCUT2D eigenvalue weighted by molar-refractivity contribution is 5.34. The molecule has 0 amide bonds. The van der Waals surface area contributed by atoms with Crippen LogP contribution in [0.5, 0.6) is 0 Å². The summed E-state index contributed by atoms with van der Waals surface area (Å²) in [6.45, 7) is 3.88. The van der Waals surface area contributed by atoms with Crippen LogP contribution in [0.4, 0.5) is 0 Å². The van der Waals surface area contributed by atoms with Crippen LogP contribution in [0.25, 0.3) is 0 Å². The number of fused-ring (bicyclic) bond motifs is 1. The number of aliphatic hydroxyl groups is 1. The fourth-order valence-electron chi connectivity index (χ4n) is 2.86. The second-order valence-corrected chi connectivity index (χ2v) is 5.63. The second-order valence-electron chi connectivity index (χ2n) is 5.63. The predicted octanol–water partition coefficient (Wildman–Crippen LogP) is 2.83. The van der Waals surface area contributed by atoms with Crippen LogP contribution in [-0.2, 0) is 12.8 Å². The summed E-state index contributed by atoms with van der Waals surface area (Å²) >= 11 is 0. The Morgan fingerprint density at radius 1 is 1.30 bits per heavy atom. The molecule has 2 unspecified atom stereocenters. The minimum atomic E-state index is -0.427. The first-order valence-corrected chi connectivity index (χ1v) is 7.27. The number of nitrogens with zero attached hydrogens (tertiary/aromatic N) is 2. The quantitative estimate of drug-likeness (QED) is 0.929. The van der Waals surface area contributed by atoms with Crippen molar-refractivity contribution in [3.63, 3.8) is 0 Å². The lowest BCUT2D eigenvalue weighted by Crippen LogP contribution is -2.14. The van der Waals surface area contributed by atoms with E-state index in [1.807, 2.05) is 13.8 Å². The second kappa shape index (κ2) is 5.37. The van der Waals surface area contributed by atoms with E-state index in [4.69, 9.17) is 4.52 Å². The molecule has 0 saturated heterocycles. The van der Waals surface area contributed by atoms with Crippen molar-refractivity contribution >= 4 is 0 Å². The summed E-state index contributed by atoms with van der Waals surface area (Å²) in [7, 11) is 0. The average molecular weight is 272 g/mol. The monoisotopic (exact) mass is 272 g/mol. The molecule has 3 rings (SSSR count). The third-order valence-corrected chi connectivity index (χ3v) is 4.26. The molecule has 0 fully saturated rings. The molecule has 4 heteroatoms. The van der Waals surface area contributed by atoms with Gasteiger partial charge < -0.3 is 9.63 Å². The summed E-state index contributed by atoms with van der Waals surface area (Å²) in [5.41, 5.74) is 2.76. The zero-order valence-corrected chi connectivity index (χ0v) is 11.9. The molecular weight excluding hydrogens is 252 g/mol. The van der Waals surface area contributed by atoms with Gasteiger partial charge in [-0.1, -0.05) is 43.3 Å². The van der Waals surface area contributed by atoms with Crippen molar-refractivity contribution < 1.29 is 9.63 Å². The topological polar surface area (TPSA) is 59.2 Å². The van der Waals surface area contributed by atoms with Crippen molar-refractivity contribution in [2.45, 2.75) is 51.0 Å². The van der Waals surface area contributed by atoms with Gasteiger partial charge in [-0.05, 0) is 30.4 Å². The zero-order valence-electron chi connectivity index (χ0n) is 11.9. The Morgan fingerprint density at radius 2 is 1.95 bits per heavy atom. The first-order chi connectivity index (χ1) is 9.69. The van der Waals surface area contributed by atoms with Gasteiger partial charge in [-0.15, -0.1) is 0 Å². The lowest BCUT2D eigenvalue weighted by molar-refractivity contribution is 0.129. The van der Waals surface area contributed by atoms with E-state index in [0.717, 1.165) is 18.7 Å². The Hall–Kier alpha value is -1.68. The van der Waals surface area contributed by atoms with Crippen molar-refractivity contribution in [1.29, 1.82) is 0 Å². The van der Waals surface area contributed by atoms with E-state index >= 15 is 0 Å². The minimum absolute atomic E-state index is 0.106. The lowest BCUT2D eigenvalue weighted by atomic mass is 10.0. The van der Waals surface area contributed by atoms with Gasteiger partial charge in [0.1, 0.15) is 0 Å². The summed E-state index contributed by atoms with van der Waals surface area (Å²) in [5.74, 6) is 1.51. The molecule has 0 bridgehead atoms. The molecule has 2 atom stereocenters. The molecule has 2 aromatic rings. The summed E-state index contributed by atoms with van der Waals surface area (Å²) in [6, 6.07) is 8.48. The van der Waals surface area contributed by atoms with Crippen molar-refractivity contribution in [3.8, 4) is 0 Å². The Labute approximate surface area is 118 Å². The summed E-state index contributed by atoms with van der Waals surface area (Å²) < 4.78 is 5.34. The van der Waals surface area contributed by atoms with E-state index in [0.29, 0.717) is 18.2 Å². The van der Waals surface area contributed by atoms with Gasteiger partial charge in [0.2, 0.25) is 5.89 Å². The smallest absolute Gasteiger partial charge is 0.232 e. The van der Waals surface area contributed by atoms with Crippen molar-refractivity contribution in [3.05, 3.63) is 47.1 Å². The third-order valence-electron chi connectivity index (χ3n) is 4.26. The molecular formula is C16H20N2O2. The van der Waals surface area contributed by atoms with Gasteiger partial charge in [0.05, 0.1) is 12.0 Å². The molecule has 4 nitrogen and oxygen atoms in total. The number of aliphatic hydroxyl groups excluding tert-OH is 1. The highest BCUT2D eigenvalue weighted by Gasteiger charge is 2.28. The molecule has 20 heavy (non-hydrogen) atoms. The predicted molar refractivity (Wildman–Crippen MR) is 75.6 cm³/mol. The fourth-order valence-corrected chi connectivity index (χ4v) is 2.86. The van der Waals surface area contributed by atoms with E-state index in [1.165, 1.54) is 11.1 Å². The highest BCUT2D eigenvalue weighted by Crippen LogP contribution is 2.33. The number of hydrogen-bond acceptors (Lipinski definition) is 4. The maximum Gasteiger partial charge on any atom is 0.232 e. The van der Waals surface area contributed by atoms with E-state index in [-0.39, 0.29) is 5.92 Å². The number of hydrogen-bond donors (Lipinski definition) is 1. The molecule has 1 aromatic carbocycles. The molecule has 0 aliphatic heterocycles. The molecule has 1 aromatic heterocycles. The van der Waals surface area contributed by atoms with Gasteiger partial charge in [0.25, 0.3) is 0 Å². The van der Waals surface area contributed by atoms with E-state index in [9.17, 15) is 5.11 Å². The first-order valence-electron chi connectivity index (χ1n) is 7.27. The maximum absolute atomic E-state index is 9.87. The normalized spacial score (nSPS) is 17.9. The SMILES string of the molecule is CCC(O)C(C)c1nc(C2Cc3ccccc3C2)no1. The third kappa shape index (κ3) is 2.36. The van der Waals surface area contributed by atoms with Gasteiger partial charge in [-0.2, -0.15) is 4.98 Å². The number of aromatic nitrogens is 2. The van der Waals surface area contributed by atoms with Gasteiger partial charge in [-0.3, -0.25) is 0 Å². The van der Waals surface area contributed by atoms with Crippen LogP contribution in [0.3, 0.4) is 0 Å². The van der Waals surface area contributed by atoms with Crippen LogP contribution in [0, 0.1) is 0 Å². The lowest BCUT2D eigenvalue weighted by Gasteiger charge is -2.12. The van der Waals surface area contributed by atoms with E-state index in [2.05, 4.69) is 34.4 Å². The molecule has 1 N–H and O–H groups in total. The van der Waals surface area contributed by atoms with Crippen molar-refractivity contribution in [1.82, 2.24) is 10.1 Å². The summed E-state index contributed by atoms with van der Waals surface area (Å²) in [5, 5.41) is 14.0. The standard InChI is InChI=1S/C16H20N2O2/c1-3-14(19)10(2)16-17-15(18-20-16)13-8-11-6-4-5-7-12(11)9-13/h4-7,10,13-14,19H,3,8-9H2,1-2H3. The highest BCUT2D eigenvalue weighted by atomic mass is 16.5. The van der Waals surface area contributed by atoms with Crippen LogP contribution in [-0.4, -0.2) is 21.4 Å². The molecule has 0 saturated carbocycles. The Balaban J connectivity index is 1.76. The van der Waals surface area contributed by atoms with E-state index < -0.39 is 6.10 Å². The van der Waals surface area contributed by atoms with Gasteiger partial charge in [0, 0.05) is 5.92 Å². The number of benzene rings is 1. The van der Waals surface area contributed by atoms with Crippen LogP contribution < -0.4 is 0 Å². The number of rotatable bonds is 4. The Morgan fingerprint density at radius 3 is 2.55 bits per heavy atom. The molecule has 106 valence electrons. The van der Waals surface area contributed by atoms with Crippen LogP contribution >= 0.6 is 0 Å². The van der Waals surface area contributed by atoms with Crippen LogP contribution in [0.1, 0.15) is 54.9 Å². The minimum Gasteiger partial charge on any atom is -0.392 e. The van der Waals surface area contributed by atoms with E-state index in [1.54, 1.807) is 0 Å². The zero-order chi connectivity index (χ0) is 14.1. The molecule has 1 aliphatic rings. The molecule has 0 radical (unpaired) electrons.